The van der Waals surface area contributed by atoms with Crippen molar-refractivity contribution in [3.8, 4) is 11.4 Å². The van der Waals surface area contributed by atoms with E-state index in [0.717, 1.165) is 36.9 Å². The summed E-state index contributed by atoms with van der Waals surface area (Å²) >= 11 is 6.52. The molecule has 25 heavy (non-hydrogen) atoms. The van der Waals surface area contributed by atoms with Crippen LogP contribution in [-0.4, -0.2) is 15.6 Å². The fourth-order valence-electron chi connectivity index (χ4n) is 3.58. The molecule has 1 heterocycles. The lowest BCUT2D eigenvalue weighted by atomic mass is 10.1. The number of aryl methyl sites for hydroxylation is 3. The van der Waals surface area contributed by atoms with Crippen molar-refractivity contribution in [2.75, 3.05) is 5.32 Å². The first kappa shape index (κ1) is 18.0. The number of fused-ring (bicyclic) bond motifs is 1. The second kappa shape index (κ2) is 7.20. The molecule has 0 saturated carbocycles. The second-order valence-electron chi connectivity index (χ2n) is 6.87. The quantitative estimate of drug-likeness (QED) is 0.855. The molecule has 3 rings (SSSR count). The summed E-state index contributed by atoms with van der Waals surface area (Å²) in [6.07, 6.45) is 5.26. The summed E-state index contributed by atoms with van der Waals surface area (Å²) in [6, 6.07) is 4.43. The Balaban J connectivity index is 2.09. The van der Waals surface area contributed by atoms with E-state index in [1.54, 1.807) is 11.6 Å². The molecule has 1 aromatic carbocycles. The zero-order valence-corrected chi connectivity index (χ0v) is 16.2. The normalized spacial score (nSPS) is 13.4. The van der Waals surface area contributed by atoms with Crippen molar-refractivity contribution in [3.63, 3.8) is 0 Å². The van der Waals surface area contributed by atoms with Gasteiger partial charge in [0.05, 0.1) is 10.7 Å². The van der Waals surface area contributed by atoms with Gasteiger partial charge in [0.15, 0.2) is 0 Å². The first-order valence-electron chi connectivity index (χ1n) is 9.12. The van der Waals surface area contributed by atoms with Gasteiger partial charge in [-0.1, -0.05) is 25.4 Å². The third kappa shape index (κ3) is 3.32. The summed E-state index contributed by atoms with van der Waals surface area (Å²) in [6.45, 7) is 6.12. The van der Waals surface area contributed by atoms with Crippen molar-refractivity contribution in [1.29, 1.82) is 0 Å². The zero-order valence-electron chi connectivity index (χ0n) is 15.4. The zero-order chi connectivity index (χ0) is 18.1. The number of aromatic nitrogens is 2. The van der Waals surface area contributed by atoms with Crippen LogP contribution in [0.5, 0.6) is 0 Å². The molecule has 5 heteroatoms. The lowest BCUT2D eigenvalue weighted by molar-refractivity contribution is 0.666. The molecule has 0 radical (unpaired) electrons. The van der Waals surface area contributed by atoms with Crippen LogP contribution in [0.15, 0.2) is 16.9 Å². The van der Waals surface area contributed by atoms with Gasteiger partial charge in [0.2, 0.25) is 0 Å². The Labute approximate surface area is 154 Å². The predicted octanol–water partition coefficient (Wildman–Crippen LogP) is 4.50. The van der Waals surface area contributed by atoms with E-state index in [1.165, 1.54) is 17.5 Å². The molecule has 0 bridgehead atoms. The predicted molar refractivity (Wildman–Crippen MR) is 105 cm³/mol. The molecular weight excluding hydrogens is 334 g/mol. The fraction of sp³-hybridized carbons (Fsp3) is 0.500. The molecule has 0 atom stereocenters. The van der Waals surface area contributed by atoms with Crippen LogP contribution in [0.4, 0.5) is 5.69 Å². The van der Waals surface area contributed by atoms with E-state index in [-0.39, 0.29) is 11.6 Å². The molecule has 4 nitrogen and oxygen atoms in total. The highest BCUT2D eigenvalue weighted by atomic mass is 35.5. The van der Waals surface area contributed by atoms with Gasteiger partial charge in [0.1, 0.15) is 11.5 Å². The van der Waals surface area contributed by atoms with Gasteiger partial charge in [-0.05, 0) is 62.3 Å². The van der Waals surface area contributed by atoms with E-state index < -0.39 is 0 Å². The van der Waals surface area contributed by atoms with Crippen LogP contribution in [0.2, 0.25) is 5.02 Å². The highest BCUT2D eigenvalue weighted by molar-refractivity contribution is 6.33. The summed E-state index contributed by atoms with van der Waals surface area (Å²) in [4.78, 5) is 17.6. The molecule has 0 aliphatic heterocycles. The third-order valence-electron chi connectivity index (χ3n) is 5.23. The fourth-order valence-corrected chi connectivity index (χ4v) is 3.85. The molecule has 0 amide bonds. The summed E-state index contributed by atoms with van der Waals surface area (Å²) in [5, 5.41) is 4.03. The molecular formula is C20H26ClN3O. The number of hydrogen-bond acceptors (Lipinski definition) is 3. The molecule has 0 saturated heterocycles. The van der Waals surface area contributed by atoms with E-state index in [0.29, 0.717) is 16.5 Å². The summed E-state index contributed by atoms with van der Waals surface area (Å²) in [5.41, 5.74) is 4.76. The van der Waals surface area contributed by atoms with Crippen molar-refractivity contribution in [2.45, 2.75) is 58.9 Å². The van der Waals surface area contributed by atoms with Crippen molar-refractivity contribution in [3.05, 3.63) is 44.3 Å². The molecule has 2 aromatic rings. The van der Waals surface area contributed by atoms with E-state index in [9.17, 15) is 4.79 Å². The van der Waals surface area contributed by atoms with Crippen LogP contribution in [0, 0.1) is 6.92 Å². The van der Waals surface area contributed by atoms with E-state index in [1.807, 2.05) is 13.0 Å². The molecule has 134 valence electrons. The topological polar surface area (TPSA) is 46.9 Å². The van der Waals surface area contributed by atoms with Crippen LogP contribution in [0.25, 0.3) is 11.4 Å². The highest BCUT2D eigenvalue weighted by Gasteiger charge is 2.20. The van der Waals surface area contributed by atoms with Gasteiger partial charge in [0.25, 0.3) is 5.56 Å². The van der Waals surface area contributed by atoms with Crippen molar-refractivity contribution < 1.29 is 0 Å². The lowest BCUT2D eigenvalue weighted by Crippen LogP contribution is -2.29. The van der Waals surface area contributed by atoms with Crippen LogP contribution >= 0.6 is 11.6 Å². The van der Waals surface area contributed by atoms with Crippen molar-refractivity contribution in [1.82, 2.24) is 9.55 Å². The monoisotopic (exact) mass is 359 g/mol. The lowest BCUT2D eigenvalue weighted by Gasteiger charge is -2.19. The summed E-state index contributed by atoms with van der Waals surface area (Å²) in [7, 11) is 1.77. The Bertz CT molecular complexity index is 853. The summed E-state index contributed by atoms with van der Waals surface area (Å²) in [5.74, 6) is 0.636. The number of nitrogens with one attached hydrogen (secondary N) is 1. The van der Waals surface area contributed by atoms with Crippen LogP contribution < -0.4 is 10.9 Å². The highest BCUT2D eigenvalue weighted by Crippen LogP contribution is 2.33. The standard InChI is InChI=1S/C20H26ClN3O/c1-5-15(6-2)23-18-12(3)22-19(24(4)20(18)25)16-10-13-8-7-9-14(13)11-17(16)21/h10-11,15,23H,5-9H2,1-4H3. The Morgan fingerprint density at radius 3 is 2.52 bits per heavy atom. The largest absolute Gasteiger partial charge is 0.376 e. The van der Waals surface area contributed by atoms with Crippen LogP contribution in [-0.2, 0) is 19.9 Å². The van der Waals surface area contributed by atoms with E-state index >= 15 is 0 Å². The number of benzene rings is 1. The van der Waals surface area contributed by atoms with Gasteiger partial charge < -0.3 is 5.32 Å². The number of halogens is 1. The molecule has 0 spiro atoms. The number of nitrogens with zero attached hydrogens (tertiary/aromatic N) is 2. The van der Waals surface area contributed by atoms with E-state index in [4.69, 9.17) is 16.6 Å². The average molecular weight is 360 g/mol. The van der Waals surface area contributed by atoms with Gasteiger partial charge in [0, 0.05) is 18.7 Å². The third-order valence-corrected chi connectivity index (χ3v) is 5.54. The van der Waals surface area contributed by atoms with Gasteiger partial charge in [-0.2, -0.15) is 0 Å². The Morgan fingerprint density at radius 1 is 1.24 bits per heavy atom. The minimum Gasteiger partial charge on any atom is -0.376 e. The molecule has 1 aliphatic rings. The minimum atomic E-state index is -0.0500. The van der Waals surface area contributed by atoms with Crippen molar-refractivity contribution in [2.24, 2.45) is 7.05 Å². The number of rotatable bonds is 5. The first-order valence-corrected chi connectivity index (χ1v) is 9.49. The second-order valence-corrected chi connectivity index (χ2v) is 7.28. The van der Waals surface area contributed by atoms with Crippen LogP contribution in [0.3, 0.4) is 0 Å². The van der Waals surface area contributed by atoms with Gasteiger partial charge in [-0.25, -0.2) is 4.98 Å². The minimum absolute atomic E-state index is 0.0500. The van der Waals surface area contributed by atoms with Gasteiger partial charge in [-0.3, -0.25) is 9.36 Å². The SMILES string of the molecule is CCC(CC)Nc1c(C)nc(-c2cc3c(cc2Cl)CCC3)n(C)c1=O. The van der Waals surface area contributed by atoms with Gasteiger partial charge in [-0.15, -0.1) is 0 Å². The maximum absolute atomic E-state index is 12.9. The first-order chi connectivity index (χ1) is 12.0. The average Bonchev–Trinajstić information content (AvgIpc) is 3.05. The molecule has 0 unspecified atom stereocenters. The maximum atomic E-state index is 12.9. The Kier molecular flexibility index (Phi) is 5.19. The van der Waals surface area contributed by atoms with Gasteiger partial charge >= 0.3 is 0 Å². The summed E-state index contributed by atoms with van der Waals surface area (Å²) < 4.78 is 1.61. The molecule has 1 aliphatic carbocycles. The smallest absolute Gasteiger partial charge is 0.277 e. The number of hydrogen-bond donors (Lipinski definition) is 1. The molecule has 1 aromatic heterocycles. The Hall–Kier alpha value is -1.81. The molecule has 1 N–H and O–H groups in total. The maximum Gasteiger partial charge on any atom is 0.277 e. The Morgan fingerprint density at radius 2 is 1.88 bits per heavy atom. The van der Waals surface area contributed by atoms with Crippen molar-refractivity contribution >= 4 is 17.3 Å². The molecule has 0 fully saturated rings. The van der Waals surface area contributed by atoms with Crippen LogP contribution in [0.1, 0.15) is 49.9 Å². The number of anilines is 1. The van der Waals surface area contributed by atoms with E-state index in [2.05, 4.69) is 25.2 Å².